The average molecular weight is 308 g/mol. The van der Waals surface area contributed by atoms with Crippen LogP contribution in [0.5, 0.6) is 0 Å². The van der Waals surface area contributed by atoms with Gasteiger partial charge in [0, 0.05) is 30.9 Å². The Morgan fingerprint density at radius 1 is 1.33 bits per heavy atom. The number of urea groups is 1. The lowest BCUT2D eigenvalue weighted by atomic mass is 10.0. The van der Waals surface area contributed by atoms with Gasteiger partial charge in [0.15, 0.2) is 5.13 Å². The van der Waals surface area contributed by atoms with Gasteiger partial charge in [0.25, 0.3) is 0 Å². The summed E-state index contributed by atoms with van der Waals surface area (Å²) in [6, 6.07) is -0.194. The van der Waals surface area contributed by atoms with Gasteiger partial charge in [-0.15, -0.1) is 11.3 Å². The summed E-state index contributed by atoms with van der Waals surface area (Å²) in [6.07, 6.45) is 5.30. The van der Waals surface area contributed by atoms with Crippen LogP contribution in [0.2, 0.25) is 0 Å². The normalized spacial score (nSPS) is 21.0. The van der Waals surface area contributed by atoms with Gasteiger partial charge in [-0.3, -0.25) is 10.1 Å². The van der Waals surface area contributed by atoms with Crippen molar-refractivity contribution in [1.82, 2.24) is 15.2 Å². The van der Waals surface area contributed by atoms with E-state index in [2.05, 4.69) is 15.6 Å². The number of hydrogen-bond donors (Lipinski definition) is 2. The highest BCUT2D eigenvalue weighted by atomic mass is 32.1. The minimum Gasteiger partial charge on any atom is -0.341 e. The topological polar surface area (TPSA) is 74.3 Å². The molecule has 2 aliphatic rings. The number of hydrogen-bond acceptors (Lipinski definition) is 4. The molecule has 0 radical (unpaired) electrons. The zero-order valence-electron chi connectivity index (χ0n) is 12.1. The SMILES string of the molecule is CC(=O)N1CCC(NC(=O)Nc2nc3c(s2)CCCC3)C1. The number of likely N-dealkylation sites (tertiary alicyclic amines) is 1. The van der Waals surface area contributed by atoms with Crippen molar-refractivity contribution in [3.63, 3.8) is 0 Å². The Morgan fingerprint density at radius 3 is 2.86 bits per heavy atom. The molecule has 6 nitrogen and oxygen atoms in total. The molecule has 0 bridgehead atoms. The van der Waals surface area contributed by atoms with Gasteiger partial charge in [0.2, 0.25) is 5.91 Å². The van der Waals surface area contributed by atoms with Crippen LogP contribution >= 0.6 is 11.3 Å². The second kappa shape index (κ2) is 6.01. The number of fused-ring (bicyclic) bond motifs is 1. The van der Waals surface area contributed by atoms with E-state index in [0.29, 0.717) is 18.2 Å². The van der Waals surface area contributed by atoms with Crippen molar-refractivity contribution in [3.8, 4) is 0 Å². The monoisotopic (exact) mass is 308 g/mol. The number of nitrogens with zero attached hydrogens (tertiary/aromatic N) is 2. The maximum Gasteiger partial charge on any atom is 0.321 e. The molecular weight excluding hydrogens is 288 g/mol. The Kier molecular flexibility index (Phi) is 4.10. The Morgan fingerprint density at radius 2 is 2.14 bits per heavy atom. The molecule has 1 saturated heterocycles. The number of thiazole rings is 1. The van der Waals surface area contributed by atoms with E-state index in [9.17, 15) is 9.59 Å². The number of rotatable bonds is 2. The highest BCUT2D eigenvalue weighted by molar-refractivity contribution is 7.15. The molecule has 0 spiro atoms. The van der Waals surface area contributed by atoms with E-state index >= 15 is 0 Å². The predicted molar refractivity (Wildman–Crippen MR) is 81.6 cm³/mol. The first kappa shape index (κ1) is 14.3. The molecule has 1 fully saturated rings. The molecule has 1 aliphatic carbocycles. The lowest BCUT2D eigenvalue weighted by molar-refractivity contribution is -0.127. The fourth-order valence-electron chi connectivity index (χ4n) is 2.89. The maximum atomic E-state index is 12.0. The summed E-state index contributed by atoms with van der Waals surface area (Å²) in [7, 11) is 0. The Bertz CT molecular complexity index is 534. The van der Waals surface area contributed by atoms with Gasteiger partial charge in [0.1, 0.15) is 0 Å². The second-order valence-corrected chi connectivity index (χ2v) is 6.73. The van der Waals surface area contributed by atoms with E-state index in [1.807, 2.05) is 0 Å². The Labute approximate surface area is 127 Å². The summed E-state index contributed by atoms with van der Waals surface area (Å²) in [6.45, 7) is 2.87. The molecule has 1 aromatic heterocycles. The van der Waals surface area contributed by atoms with Gasteiger partial charge >= 0.3 is 6.03 Å². The third-order valence-corrected chi connectivity index (χ3v) is 5.11. The number of aromatic nitrogens is 1. The lowest BCUT2D eigenvalue weighted by Crippen LogP contribution is -2.40. The molecule has 1 unspecified atom stereocenters. The molecule has 114 valence electrons. The molecule has 2 N–H and O–H groups in total. The number of anilines is 1. The van der Waals surface area contributed by atoms with E-state index in [4.69, 9.17) is 0 Å². The quantitative estimate of drug-likeness (QED) is 0.874. The first-order chi connectivity index (χ1) is 10.1. The molecule has 21 heavy (non-hydrogen) atoms. The lowest BCUT2D eigenvalue weighted by Gasteiger charge is -2.14. The summed E-state index contributed by atoms with van der Waals surface area (Å²) in [5.74, 6) is 0.0623. The van der Waals surface area contributed by atoms with E-state index in [0.717, 1.165) is 25.0 Å². The van der Waals surface area contributed by atoms with Crippen molar-refractivity contribution in [2.45, 2.75) is 45.1 Å². The molecule has 7 heteroatoms. The van der Waals surface area contributed by atoms with E-state index in [1.165, 1.54) is 17.7 Å². The van der Waals surface area contributed by atoms with Crippen LogP contribution in [0.4, 0.5) is 9.93 Å². The number of nitrogens with one attached hydrogen (secondary N) is 2. The zero-order valence-corrected chi connectivity index (χ0v) is 13.0. The van der Waals surface area contributed by atoms with Crippen LogP contribution in [-0.2, 0) is 17.6 Å². The number of carbonyl (C=O) groups excluding carboxylic acids is 2. The van der Waals surface area contributed by atoms with Crippen molar-refractivity contribution in [3.05, 3.63) is 10.6 Å². The molecule has 2 heterocycles. The van der Waals surface area contributed by atoms with E-state index in [-0.39, 0.29) is 18.0 Å². The molecule has 3 rings (SSSR count). The summed E-state index contributed by atoms with van der Waals surface area (Å²) in [5, 5.41) is 6.42. The van der Waals surface area contributed by atoms with Crippen molar-refractivity contribution in [1.29, 1.82) is 0 Å². The predicted octanol–water partition coefficient (Wildman–Crippen LogP) is 1.76. The van der Waals surface area contributed by atoms with Gasteiger partial charge < -0.3 is 10.2 Å². The van der Waals surface area contributed by atoms with E-state index in [1.54, 1.807) is 23.2 Å². The minimum absolute atomic E-state index is 0.0310. The third kappa shape index (κ3) is 3.34. The average Bonchev–Trinajstić information content (AvgIpc) is 3.04. The summed E-state index contributed by atoms with van der Waals surface area (Å²) < 4.78 is 0. The van der Waals surface area contributed by atoms with Crippen molar-refractivity contribution in [2.24, 2.45) is 0 Å². The second-order valence-electron chi connectivity index (χ2n) is 5.65. The highest BCUT2D eigenvalue weighted by Gasteiger charge is 2.25. The molecule has 1 atom stereocenters. The smallest absolute Gasteiger partial charge is 0.321 e. The van der Waals surface area contributed by atoms with E-state index < -0.39 is 0 Å². The molecular formula is C14H20N4O2S. The molecule has 3 amide bonds. The molecule has 1 aliphatic heterocycles. The first-order valence-electron chi connectivity index (χ1n) is 7.43. The molecule has 0 saturated carbocycles. The van der Waals surface area contributed by atoms with Crippen molar-refractivity contribution >= 4 is 28.4 Å². The molecule has 0 aromatic carbocycles. The summed E-state index contributed by atoms with van der Waals surface area (Å²) in [4.78, 5) is 30.8. The number of amides is 3. The highest BCUT2D eigenvalue weighted by Crippen LogP contribution is 2.29. The van der Waals surface area contributed by atoms with Crippen molar-refractivity contribution < 1.29 is 9.59 Å². The van der Waals surface area contributed by atoms with Crippen LogP contribution in [0, 0.1) is 0 Å². The van der Waals surface area contributed by atoms with Crippen LogP contribution < -0.4 is 10.6 Å². The fraction of sp³-hybridized carbons (Fsp3) is 0.643. The van der Waals surface area contributed by atoms with Gasteiger partial charge in [-0.25, -0.2) is 9.78 Å². The molecule has 1 aromatic rings. The van der Waals surface area contributed by atoms with Gasteiger partial charge in [-0.05, 0) is 32.1 Å². The zero-order chi connectivity index (χ0) is 14.8. The largest absolute Gasteiger partial charge is 0.341 e. The number of aryl methyl sites for hydroxylation is 2. The van der Waals surface area contributed by atoms with Gasteiger partial charge in [-0.1, -0.05) is 0 Å². The number of carbonyl (C=O) groups is 2. The van der Waals surface area contributed by atoms with Crippen LogP contribution in [0.25, 0.3) is 0 Å². The third-order valence-electron chi connectivity index (χ3n) is 4.03. The maximum absolute atomic E-state index is 12.0. The summed E-state index contributed by atoms with van der Waals surface area (Å²) >= 11 is 1.58. The first-order valence-corrected chi connectivity index (χ1v) is 8.25. The van der Waals surface area contributed by atoms with Crippen LogP contribution in [0.3, 0.4) is 0 Å². The standard InChI is InChI=1S/C14H20N4O2S/c1-9(19)18-7-6-10(8-18)15-13(20)17-14-16-11-4-2-3-5-12(11)21-14/h10H,2-8H2,1H3,(H2,15,16,17,20). The van der Waals surface area contributed by atoms with Crippen LogP contribution in [0.1, 0.15) is 36.8 Å². The van der Waals surface area contributed by atoms with Crippen LogP contribution in [0.15, 0.2) is 0 Å². The van der Waals surface area contributed by atoms with Gasteiger partial charge in [0.05, 0.1) is 5.69 Å². The fourth-order valence-corrected chi connectivity index (χ4v) is 3.93. The van der Waals surface area contributed by atoms with Gasteiger partial charge in [-0.2, -0.15) is 0 Å². The Balaban J connectivity index is 1.52. The van der Waals surface area contributed by atoms with Crippen LogP contribution in [-0.4, -0.2) is 41.0 Å². The Hall–Kier alpha value is -1.63. The minimum atomic E-state index is -0.225. The van der Waals surface area contributed by atoms with Crippen molar-refractivity contribution in [2.75, 3.05) is 18.4 Å². The summed E-state index contributed by atoms with van der Waals surface area (Å²) in [5.41, 5.74) is 1.14.